The lowest BCUT2D eigenvalue weighted by atomic mass is 9.89. The van der Waals surface area contributed by atoms with Crippen molar-refractivity contribution in [3.8, 4) is 0 Å². The molecule has 2 heteroatoms. The van der Waals surface area contributed by atoms with Gasteiger partial charge in [0, 0.05) is 19.0 Å². The molecule has 0 unspecified atom stereocenters. The average molecular weight is 174 g/mol. The fraction of sp³-hybridized carbons (Fsp3) is 1.00. The van der Waals surface area contributed by atoms with E-state index in [9.17, 15) is 0 Å². The third-order valence-corrected chi connectivity index (χ3v) is 3.67. The Kier molecular flexibility index (Phi) is 4.31. The highest BCUT2D eigenvalue weighted by molar-refractivity contribution is 7.99. The minimum atomic E-state index is 0.850. The zero-order valence-corrected chi connectivity index (χ0v) is 8.32. The van der Waals surface area contributed by atoms with Gasteiger partial charge in [0.15, 0.2) is 0 Å². The molecule has 0 N–H and O–H groups in total. The highest BCUT2D eigenvalue weighted by Gasteiger charge is 2.19. The molecule has 0 radical (unpaired) electrons. The molecule has 1 aliphatic rings. The van der Waals surface area contributed by atoms with Gasteiger partial charge in [-0.05, 0) is 37.9 Å². The fourth-order valence-electron chi connectivity index (χ4n) is 1.77. The summed E-state index contributed by atoms with van der Waals surface area (Å²) in [7, 11) is 1.81. The molecule has 0 aromatic carbocycles. The zero-order valence-electron chi connectivity index (χ0n) is 7.51. The van der Waals surface area contributed by atoms with E-state index in [0.717, 1.165) is 17.8 Å². The lowest BCUT2D eigenvalue weighted by Crippen LogP contribution is -2.19. The number of hydrogen-bond acceptors (Lipinski definition) is 2. The molecule has 66 valence electrons. The van der Waals surface area contributed by atoms with Crippen LogP contribution in [0.5, 0.6) is 0 Å². The van der Waals surface area contributed by atoms with Crippen molar-refractivity contribution in [1.82, 2.24) is 0 Å². The van der Waals surface area contributed by atoms with Gasteiger partial charge in [-0.2, -0.15) is 11.8 Å². The van der Waals surface area contributed by atoms with Crippen LogP contribution in [0.2, 0.25) is 0 Å². The van der Waals surface area contributed by atoms with E-state index in [0.29, 0.717) is 0 Å². The summed E-state index contributed by atoms with van der Waals surface area (Å²) in [5.74, 6) is 0.850. The first-order valence-electron chi connectivity index (χ1n) is 4.38. The van der Waals surface area contributed by atoms with E-state index in [-0.39, 0.29) is 0 Å². The monoisotopic (exact) mass is 174 g/mol. The largest absolute Gasteiger partial charge is 0.384 e. The smallest absolute Gasteiger partial charge is 0.0490 e. The summed E-state index contributed by atoms with van der Waals surface area (Å²) < 4.78 is 5.14. The summed E-state index contributed by atoms with van der Waals surface area (Å²) >= 11 is 2.03. The summed E-state index contributed by atoms with van der Waals surface area (Å²) in [4.78, 5) is 0. The van der Waals surface area contributed by atoms with E-state index in [1.54, 1.807) is 7.11 Å². The van der Waals surface area contributed by atoms with E-state index in [4.69, 9.17) is 4.74 Å². The van der Waals surface area contributed by atoms with Gasteiger partial charge in [0.2, 0.25) is 0 Å². The molecule has 0 aliphatic heterocycles. The van der Waals surface area contributed by atoms with Gasteiger partial charge in [0.05, 0.1) is 0 Å². The van der Waals surface area contributed by atoms with Gasteiger partial charge in [-0.25, -0.2) is 0 Å². The Morgan fingerprint density at radius 3 is 2.36 bits per heavy atom. The fourth-order valence-corrected chi connectivity index (χ4v) is 2.51. The van der Waals surface area contributed by atoms with Crippen LogP contribution in [0.4, 0.5) is 0 Å². The number of ether oxygens (including phenoxy) is 1. The molecular formula is C9H18OS. The highest BCUT2D eigenvalue weighted by Crippen LogP contribution is 2.30. The summed E-state index contributed by atoms with van der Waals surface area (Å²) in [6.45, 7) is 0.973. The van der Waals surface area contributed by atoms with Crippen LogP contribution in [0.3, 0.4) is 0 Å². The van der Waals surface area contributed by atoms with Gasteiger partial charge < -0.3 is 4.74 Å². The first kappa shape index (κ1) is 9.40. The van der Waals surface area contributed by atoms with Gasteiger partial charge in [0.1, 0.15) is 0 Å². The molecule has 0 saturated heterocycles. The first-order valence-corrected chi connectivity index (χ1v) is 5.67. The van der Waals surface area contributed by atoms with E-state index in [2.05, 4.69) is 6.26 Å². The lowest BCUT2D eigenvalue weighted by molar-refractivity contribution is 0.132. The van der Waals surface area contributed by atoms with Crippen LogP contribution in [0.1, 0.15) is 25.7 Å². The van der Waals surface area contributed by atoms with Crippen molar-refractivity contribution >= 4 is 11.8 Å². The second kappa shape index (κ2) is 5.04. The Morgan fingerprint density at radius 2 is 1.91 bits per heavy atom. The maximum Gasteiger partial charge on any atom is 0.0490 e. The van der Waals surface area contributed by atoms with Crippen LogP contribution in [-0.4, -0.2) is 25.2 Å². The standard InChI is InChI=1S/C9H18OS/c1-10-7-8-3-5-9(11-2)6-4-8/h8-9H,3-7H2,1-2H3. The number of thioether (sulfide) groups is 1. The van der Waals surface area contributed by atoms with Gasteiger partial charge in [0.25, 0.3) is 0 Å². The van der Waals surface area contributed by atoms with Crippen molar-refractivity contribution in [1.29, 1.82) is 0 Å². The van der Waals surface area contributed by atoms with Crippen LogP contribution in [0.25, 0.3) is 0 Å². The second-order valence-corrected chi connectivity index (χ2v) is 4.47. The highest BCUT2D eigenvalue weighted by atomic mass is 32.2. The minimum absolute atomic E-state index is 0.850. The Labute approximate surface area is 73.9 Å². The van der Waals surface area contributed by atoms with Crippen molar-refractivity contribution < 1.29 is 4.74 Å². The normalized spacial score (nSPS) is 32.2. The molecule has 0 amide bonds. The molecule has 1 fully saturated rings. The number of hydrogen-bond donors (Lipinski definition) is 0. The zero-order chi connectivity index (χ0) is 8.10. The molecular weight excluding hydrogens is 156 g/mol. The Bertz CT molecular complexity index is 97.7. The SMILES string of the molecule is COCC1CCC(SC)CC1. The van der Waals surface area contributed by atoms with Crippen molar-refractivity contribution in [2.45, 2.75) is 30.9 Å². The molecule has 0 spiro atoms. The first-order chi connectivity index (χ1) is 5.36. The molecule has 0 bridgehead atoms. The van der Waals surface area contributed by atoms with Crippen LogP contribution in [-0.2, 0) is 4.74 Å². The van der Waals surface area contributed by atoms with E-state index in [1.807, 2.05) is 11.8 Å². The Morgan fingerprint density at radius 1 is 1.27 bits per heavy atom. The maximum absolute atomic E-state index is 5.14. The molecule has 1 rings (SSSR count). The van der Waals surface area contributed by atoms with Crippen LogP contribution >= 0.6 is 11.8 Å². The minimum Gasteiger partial charge on any atom is -0.384 e. The Balaban J connectivity index is 2.14. The Hall–Kier alpha value is 0.310. The average Bonchev–Trinajstić information content (AvgIpc) is 2.07. The van der Waals surface area contributed by atoms with Crippen molar-refractivity contribution in [2.24, 2.45) is 5.92 Å². The third kappa shape index (κ3) is 3.04. The molecule has 0 atom stereocenters. The van der Waals surface area contributed by atoms with Gasteiger partial charge >= 0.3 is 0 Å². The van der Waals surface area contributed by atoms with Crippen LogP contribution in [0, 0.1) is 5.92 Å². The quantitative estimate of drug-likeness (QED) is 0.650. The molecule has 0 aromatic rings. The predicted molar refractivity (Wildman–Crippen MR) is 51.1 cm³/mol. The summed E-state index contributed by atoms with van der Waals surface area (Å²) in [5.41, 5.74) is 0. The van der Waals surface area contributed by atoms with Crippen LogP contribution in [0.15, 0.2) is 0 Å². The van der Waals surface area contributed by atoms with Crippen molar-refractivity contribution in [2.75, 3.05) is 20.0 Å². The van der Waals surface area contributed by atoms with E-state index in [1.165, 1.54) is 25.7 Å². The predicted octanol–water partition coefficient (Wildman–Crippen LogP) is 2.55. The molecule has 1 saturated carbocycles. The second-order valence-electron chi connectivity index (χ2n) is 3.33. The summed E-state index contributed by atoms with van der Waals surface area (Å²) in [6, 6.07) is 0. The van der Waals surface area contributed by atoms with Gasteiger partial charge in [-0.1, -0.05) is 0 Å². The maximum atomic E-state index is 5.14. The van der Waals surface area contributed by atoms with Crippen molar-refractivity contribution in [3.05, 3.63) is 0 Å². The third-order valence-electron chi connectivity index (χ3n) is 2.53. The molecule has 1 aliphatic carbocycles. The molecule has 0 aromatic heterocycles. The molecule has 0 heterocycles. The summed E-state index contributed by atoms with van der Waals surface area (Å²) in [6.07, 6.45) is 7.77. The van der Waals surface area contributed by atoms with Crippen LogP contribution < -0.4 is 0 Å². The lowest BCUT2D eigenvalue weighted by Gasteiger charge is -2.26. The topological polar surface area (TPSA) is 9.23 Å². The molecule has 11 heavy (non-hydrogen) atoms. The number of rotatable bonds is 3. The van der Waals surface area contributed by atoms with Gasteiger partial charge in [-0.15, -0.1) is 0 Å². The van der Waals surface area contributed by atoms with E-state index >= 15 is 0 Å². The molecule has 1 nitrogen and oxygen atoms in total. The van der Waals surface area contributed by atoms with Gasteiger partial charge in [-0.3, -0.25) is 0 Å². The summed E-state index contributed by atoms with van der Waals surface area (Å²) in [5, 5.41) is 0.933. The van der Waals surface area contributed by atoms with Crippen molar-refractivity contribution in [3.63, 3.8) is 0 Å². The number of methoxy groups -OCH3 is 1. The van der Waals surface area contributed by atoms with E-state index < -0.39 is 0 Å².